The molecule has 1 N–H and O–H groups in total. The third-order valence-corrected chi connectivity index (χ3v) is 4.15. The summed E-state index contributed by atoms with van der Waals surface area (Å²) in [7, 11) is 0. The van der Waals surface area contributed by atoms with Gasteiger partial charge in [0.1, 0.15) is 6.33 Å². The summed E-state index contributed by atoms with van der Waals surface area (Å²) in [5.41, 5.74) is 5.49. The zero-order valence-corrected chi connectivity index (χ0v) is 13.8. The summed E-state index contributed by atoms with van der Waals surface area (Å²) < 4.78 is 2.04. The van der Waals surface area contributed by atoms with E-state index in [1.165, 1.54) is 5.56 Å². The zero-order valence-electron chi connectivity index (χ0n) is 13.8. The van der Waals surface area contributed by atoms with Crippen molar-refractivity contribution in [3.8, 4) is 5.69 Å². The van der Waals surface area contributed by atoms with Gasteiger partial charge in [-0.25, -0.2) is 4.98 Å². The molecule has 0 spiro atoms. The van der Waals surface area contributed by atoms with Crippen LogP contribution in [0.15, 0.2) is 79.1 Å². The first-order valence-corrected chi connectivity index (χ1v) is 8.11. The summed E-state index contributed by atoms with van der Waals surface area (Å²) in [6.07, 6.45) is 1.80. The number of benzene rings is 3. The number of nitrogens with one attached hydrogen (secondary N) is 1. The number of aromatic nitrogens is 2. The van der Waals surface area contributed by atoms with Crippen LogP contribution in [-0.4, -0.2) is 15.5 Å². The molecule has 122 valence electrons. The average molecular weight is 327 g/mol. The minimum atomic E-state index is -0.127. The lowest BCUT2D eigenvalue weighted by Crippen LogP contribution is -2.11. The van der Waals surface area contributed by atoms with Gasteiger partial charge in [-0.15, -0.1) is 0 Å². The van der Waals surface area contributed by atoms with Crippen LogP contribution in [0.25, 0.3) is 16.7 Å². The van der Waals surface area contributed by atoms with Gasteiger partial charge in [0.15, 0.2) is 0 Å². The quantitative estimate of drug-likeness (QED) is 0.598. The second-order valence-corrected chi connectivity index (χ2v) is 5.97. The normalized spacial score (nSPS) is 10.8. The van der Waals surface area contributed by atoms with Crippen LogP contribution in [0.4, 0.5) is 5.69 Å². The Kier molecular flexibility index (Phi) is 3.78. The van der Waals surface area contributed by atoms with Gasteiger partial charge >= 0.3 is 0 Å². The van der Waals surface area contributed by atoms with Crippen molar-refractivity contribution in [2.45, 2.75) is 6.92 Å². The standard InChI is InChI=1S/C21H17N3O/c1-15-7-10-18(11-8-15)24-14-22-19-13-17(9-12-20(19)24)23-21(25)16-5-3-2-4-6-16/h2-14H,1H3,(H,23,25). The van der Waals surface area contributed by atoms with Crippen LogP contribution in [0.3, 0.4) is 0 Å². The first-order valence-electron chi connectivity index (χ1n) is 8.11. The van der Waals surface area contributed by atoms with E-state index in [4.69, 9.17) is 0 Å². The fourth-order valence-electron chi connectivity index (χ4n) is 2.79. The Balaban J connectivity index is 1.63. The van der Waals surface area contributed by atoms with Gasteiger partial charge in [-0.1, -0.05) is 35.9 Å². The predicted molar refractivity (Wildman–Crippen MR) is 100 cm³/mol. The van der Waals surface area contributed by atoms with E-state index in [0.29, 0.717) is 5.56 Å². The van der Waals surface area contributed by atoms with Crippen molar-refractivity contribution < 1.29 is 4.79 Å². The minimum absolute atomic E-state index is 0.127. The molecular formula is C21H17N3O. The lowest BCUT2D eigenvalue weighted by molar-refractivity contribution is 0.102. The van der Waals surface area contributed by atoms with E-state index in [2.05, 4.69) is 41.5 Å². The molecule has 25 heavy (non-hydrogen) atoms. The van der Waals surface area contributed by atoms with Crippen LogP contribution in [-0.2, 0) is 0 Å². The van der Waals surface area contributed by atoms with Crippen molar-refractivity contribution in [1.29, 1.82) is 0 Å². The Bertz CT molecular complexity index is 1030. The number of hydrogen-bond acceptors (Lipinski definition) is 2. The molecule has 0 saturated carbocycles. The van der Waals surface area contributed by atoms with Crippen LogP contribution >= 0.6 is 0 Å². The minimum Gasteiger partial charge on any atom is -0.322 e. The second kappa shape index (κ2) is 6.24. The summed E-state index contributed by atoms with van der Waals surface area (Å²) in [5.74, 6) is -0.127. The van der Waals surface area contributed by atoms with Gasteiger partial charge in [-0.05, 0) is 49.4 Å². The second-order valence-electron chi connectivity index (χ2n) is 5.97. The third kappa shape index (κ3) is 3.02. The molecule has 3 aromatic carbocycles. The maximum atomic E-state index is 12.3. The van der Waals surface area contributed by atoms with Gasteiger partial charge in [0.05, 0.1) is 11.0 Å². The molecule has 0 fully saturated rings. The van der Waals surface area contributed by atoms with E-state index < -0.39 is 0 Å². The molecule has 4 rings (SSSR count). The first-order chi connectivity index (χ1) is 12.2. The zero-order chi connectivity index (χ0) is 17.2. The molecule has 0 aliphatic rings. The molecule has 1 aromatic heterocycles. The Morgan fingerprint density at radius 1 is 0.960 bits per heavy atom. The number of nitrogens with zero attached hydrogens (tertiary/aromatic N) is 2. The molecular weight excluding hydrogens is 310 g/mol. The van der Waals surface area contributed by atoms with Crippen molar-refractivity contribution in [3.63, 3.8) is 0 Å². The fourth-order valence-corrected chi connectivity index (χ4v) is 2.79. The van der Waals surface area contributed by atoms with E-state index in [9.17, 15) is 4.79 Å². The lowest BCUT2D eigenvalue weighted by Gasteiger charge is -2.07. The number of carbonyl (C=O) groups is 1. The molecule has 0 aliphatic carbocycles. The summed E-state index contributed by atoms with van der Waals surface area (Å²) >= 11 is 0. The number of carbonyl (C=O) groups excluding carboxylic acids is 1. The van der Waals surface area contributed by atoms with Gasteiger partial charge < -0.3 is 5.32 Å². The number of aryl methyl sites for hydroxylation is 1. The summed E-state index contributed by atoms with van der Waals surface area (Å²) in [6.45, 7) is 2.07. The largest absolute Gasteiger partial charge is 0.322 e. The number of imidazole rings is 1. The summed E-state index contributed by atoms with van der Waals surface area (Å²) in [5, 5.41) is 2.92. The molecule has 0 atom stereocenters. The highest BCUT2D eigenvalue weighted by Gasteiger charge is 2.08. The van der Waals surface area contributed by atoms with Crippen molar-refractivity contribution in [2.24, 2.45) is 0 Å². The maximum absolute atomic E-state index is 12.3. The van der Waals surface area contributed by atoms with Gasteiger partial charge in [0, 0.05) is 16.9 Å². The van der Waals surface area contributed by atoms with Gasteiger partial charge in [-0.3, -0.25) is 9.36 Å². The van der Waals surface area contributed by atoms with E-state index in [-0.39, 0.29) is 5.91 Å². The Morgan fingerprint density at radius 3 is 2.48 bits per heavy atom. The monoisotopic (exact) mass is 327 g/mol. The van der Waals surface area contributed by atoms with Crippen molar-refractivity contribution in [1.82, 2.24) is 9.55 Å². The molecule has 4 heteroatoms. The van der Waals surface area contributed by atoms with Crippen LogP contribution in [0, 0.1) is 6.92 Å². The van der Waals surface area contributed by atoms with E-state index in [1.807, 2.05) is 41.0 Å². The third-order valence-electron chi connectivity index (χ3n) is 4.15. The Hall–Kier alpha value is -3.40. The van der Waals surface area contributed by atoms with Crippen LogP contribution < -0.4 is 5.32 Å². The van der Waals surface area contributed by atoms with E-state index in [0.717, 1.165) is 22.4 Å². The molecule has 0 unspecified atom stereocenters. The molecule has 0 aliphatic heterocycles. The van der Waals surface area contributed by atoms with Gasteiger partial charge in [0.2, 0.25) is 0 Å². The smallest absolute Gasteiger partial charge is 0.255 e. The highest BCUT2D eigenvalue weighted by molar-refractivity contribution is 6.04. The highest BCUT2D eigenvalue weighted by Crippen LogP contribution is 2.22. The highest BCUT2D eigenvalue weighted by atomic mass is 16.1. The number of anilines is 1. The molecule has 4 nitrogen and oxygen atoms in total. The van der Waals surface area contributed by atoms with Crippen LogP contribution in [0.5, 0.6) is 0 Å². The molecule has 1 heterocycles. The topological polar surface area (TPSA) is 46.9 Å². The lowest BCUT2D eigenvalue weighted by atomic mass is 10.2. The predicted octanol–water partition coefficient (Wildman–Crippen LogP) is 4.59. The van der Waals surface area contributed by atoms with E-state index >= 15 is 0 Å². The number of hydrogen-bond donors (Lipinski definition) is 1. The number of amides is 1. The molecule has 4 aromatic rings. The molecule has 0 bridgehead atoms. The number of rotatable bonds is 3. The Morgan fingerprint density at radius 2 is 1.72 bits per heavy atom. The van der Waals surface area contributed by atoms with Crippen LogP contribution in [0.2, 0.25) is 0 Å². The maximum Gasteiger partial charge on any atom is 0.255 e. The van der Waals surface area contributed by atoms with Crippen molar-refractivity contribution in [3.05, 3.63) is 90.3 Å². The summed E-state index contributed by atoms with van der Waals surface area (Å²) in [6, 6.07) is 23.2. The summed E-state index contributed by atoms with van der Waals surface area (Å²) in [4.78, 5) is 16.7. The number of fused-ring (bicyclic) bond motifs is 1. The fraction of sp³-hybridized carbons (Fsp3) is 0.0476. The first kappa shape index (κ1) is 15.1. The SMILES string of the molecule is Cc1ccc(-n2cnc3cc(NC(=O)c4ccccc4)ccc32)cc1. The van der Waals surface area contributed by atoms with Crippen molar-refractivity contribution >= 4 is 22.6 Å². The Labute approximate surface area is 145 Å². The van der Waals surface area contributed by atoms with Crippen LogP contribution in [0.1, 0.15) is 15.9 Å². The van der Waals surface area contributed by atoms with Gasteiger partial charge in [0.25, 0.3) is 5.91 Å². The van der Waals surface area contributed by atoms with Crippen molar-refractivity contribution in [2.75, 3.05) is 5.32 Å². The molecule has 0 saturated heterocycles. The van der Waals surface area contributed by atoms with E-state index in [1.54, 1.807) is 18.5 Å². The molecule has 1 amide bonds. The molecule has 0 radical (unpaired) electrons. The van der Waals surface area contributed by atoms with Gasteiger partial charge in [-0.2, -0.15) is 0 Å². The average Bonchev–Trinajstić information content (AvgIpc) is 3.06.